The molecule has 0 aliphatic rings. The van der Waals surface area contributed by atoms with Crippen molar-refractivity contribution >= 4 is 21.5 Å². The number of hydrogen-bond acceptors (Lipinski definition) is 3. The SMILES string of the molecule is c1ccc(-c2ccc(-c3nc(-c4ccc(-c5ccccc5)cc4)nc(-c4cc(-c5ccc6ccccc6c5)ccc4-c4ccc5ccccc5c4)n3)cc2)cc1. The summed E-state index contributed by atoms with van der Waals surface area (Å²) in [6.07, 6.45) is 0. The van der Waals surface area contributed by atoms with Crippen LogP contribution in [0.5, 0.6) is 0 Å². The van der Waals surface area contributed by atoms with Crippen LogP contribution in [0, 0.1) is 0 Å². The second-order valence-corrected chi connectivity index (χ2v) is 14.1. The van der Waals surface area contributed by atoms with Crippen LogP contribution >= 0.6 is 0 Å². The molecular weight excluding hydrogens is 679 g/mol. The van der Waals surface area contributed by atoms with Crippen molar-refractivity contribution in [2.24, 2.45) is 0 Å². The Labute approximate surface area is 326 Å². The quantitative estimate of drug-likeness (QED) is 0.165. The molecule has 10 aromatic rings. The van der Waals surface area contributed by atoms with E-state index in [0.717, 1.165) is 50.1 Å². The Kier molecular flexibility index (Phi) is 8.51. The summed E-state index contributed by atoms with van der Waals surface area (Å²) in [5.74, 6) is 1.87. The summed E-state index contributed by atoms with van der Waals surface area (Å²) in [6, 6.07) is 74.8. The minimum Gasteiger partial charge on any atom is -0.208 e. The first-order valence-electron chi connectivity index (χ1n) is 18.9. The van der Waals surface area contributed by atoms with Gasteiger partial charge in [-0.15, -0.1) is 0 Å². The molecular formula is C53H35N3. The average Bonchev–Trinajstić information content (AvgIpc) is 3.29. The summed E-state index contributed by atoms with van der Waals surface area (Å²) in [5.41, 5.74) is 11.8. The zero-order chi connectivity index (χ0) is 37.3. The van der Waals surface area contributed by atoms with Crippen molar-refractivity contribution in [1.29, 1.82) is 0 Å². The van der Waals surface area contributed by atoms with Crippen LogP contribution in [0.2, 0.25) is 0 Å². The Hall–Kier alpha value is -7.49. The number of rotatable bonds is 7. The molecule has 0 saturated carbocycles. The molecule has 1 heterocycles. The van der Waals surface area contributed by atoms with Gasteiger partial charge in [0.05, 0.1) is 0 Å². The molecule has 0 unspecified atom stereocenters. The van der Waals surface area contributed by atoms with Gasteiger partial charge in [0.25, 0.3) is 0 Å². The predicted octanol–water partition coefficient (Wildman–Crippen LogP) is 13.8. The molecule has 0 fully saturated rings. The van der Waals surface area contributed by atoms with Crippen molar-refractivity contribution in [1.82, 2.24) is 15.0 Å². The van der Waals surface area contributed by atoms with Gasteiger partial charge in [0, 0.05) is 16.7 Å². The van der Waals surface area contributed by atoms with E-state index >= 15 is 0 Å². The smallest absolute Gasteiger partial charge is 0.164 e. The van der Waals surface area contributed by atoms with Crippen molar-refractivity contribution in [3.8, 4) is 78.7 Å². The number of hydrogen-bond donors (Lipinski definition) is 0. The third kappa shape index (κ3) is 6.52. The zero-order valence-corrected chi connectivity index (χ0v) is 30.5. The second kappa shape index (κ2) is 14.4. The van der Waals surface area contributed by atoms with Gasteiger partial charge >= 0.3 is 0 Å². The topological polar surface area (TPSA) is 38.7 Å². The van der Waals surface area contributed by atoms with Gasteiger partial charge in [-0.25, -0.2) is 15.0 Å². The summed E-state index contributed by atoms with van der Waals surface area (Å²) < 4.78 is 0. The van der Waals surface area contributed by atoms with E-state index in [0.29, 0.717) is 17.5 Å². The van der Waals surface area contributed by atoms with E-state index in [1.54, 1.807) is 0 Å². The maximum Gasteiger partial charge on any atom is 0.164 e. The molecule has 0 spiro atoms. The fourth-order valence-corrected chi connectivity index (χ4v) is 7.53. The monoisotopic (exact) mass is 713 g/mol. The first-order valence-corrected chi connectivity index (χ1v) is 18.9. The largest absolute Gasteiger partial charge is 0.208 e. The minimum atomic E-state index is 0.620. The van der Waals surface area contributed by atoms with Gasteiger partial charge in [-0.05, 0) is 84.3 Å². The highest BCUT2D eigenvalue weighted by Crippen LogP contribution is 2.38. The van der Waals surface area contributed by atoms with Gasteiger partial charge in [0.15, 0.2) is 17.5 Å². The van der Waals surface area contributed by atoms with Gasteiger partial charge in [-0.3, -0.25) is 0 Å². The van der Waals surface area contributed by atoms with Gasteiger partial charge < -0.3 is 0 Å². The molecule has 0 N–H and O–H groups in total. The molecule has 0 radical (unpaired) electrons. The predicted molar refractivity (Wildman–Crippen MR) is 233 cm³/mol. The zero-order valence-electron chi connectivity index (χ0n) is 30.5. The van der Waals surface area contributed by atoms with Crippen molar-refractivity contribution < 1.29 is 0 Å². The minimum absolute atomic E-state index is 0.620. The lowest BCUT2D eigenvalue weighted by Crippen LogP contribution is -2.01. The van der Waals surface area contributed by atoms with Crippen LogP contribution in [0.25, 0.3) is 100 Å². The summed E-state index contributed by atoms with van der Waals surface area (Å²) in [7, 11) is 0. The van der Waals surface area contributed by atoms with Crippen molar-refractivity contribution in [2.75, 3.05) is 0 Å². The van der Waals surface area contributed by atoms with Gasteiger partial charge in [0.1, 0.15) is 0 Å². The maximum absolute atomic E-state index is 5.28. The van der Waals surface area contributed by atoms with Crippen LogP contribution in [0.4, 0.5) is 0 Å². The van der Waals surface area contributed by atoms with E-state index in [1.807, 2.05) is 12.1 Å². The Morgan fingerprint density at radius 3 is 1.09 bits per heavy atom. The standard InChI is InChI=1S/C53H35N3/c1-3-11-36(12-4-1)40-19-25-42(26-20-40)51-54-52(43-27-21-41(22-28-43)37-13-5-2-6-14-37)56-53(55-51)50-35-47(46-29-23-38-15-7-9-17-44(38)33-46)31-32-49(50)48-30-24-39-16-8-10-18-45(39)34-48/h1-35H. The van der Waals surface area contributed by atoms with Crippen LogP contribution in [0.1, 0.15) is 0 Å². The molecule has 0 amide bonds. The number of fused-ring (bicyclic) bond motifs is 2. The Morgan fingerprint density at radius 1 is 0.196 bits per heavy atom. The fourth-order valence-electron chi connectivity index (χ4n) is 7.53. The lowest BCUT2D eigenvalue weighted by molar-refractivity contribution is 1.07. The highest BCUT2D eigenvalue weighted by molar-refractivity contribution is 5.93. The van der Waals surface area contributed by atoms with Crippen molar-refractivity contribution in [2.45, 2.75) is 0 Å². The van der Waals surface area contributed by atoms with E-state index in [2.05, 4.69) is 200 Å². The molecule has 10 rings (SSSR count). The van der Waals surface area contributed by atoms with E-state index < -0.39 is 0 Å². The van der Waals surface area contributed by atoms with Crippen LogP contribution in [0.15, 0.2) is 212 Å². The summed E-state index contributed by atoms with van der Waals surface area (Å²) >= 11 is 0. The van der Waals surface area contributed by atoms with Crippen LogP contribution in [0.3, 0.4) is 0 Å². The molecule has 0 saturated heterocycles. The summed E-state index contributed by atoms with van der Waals surface area (Å²) in [6.45, 7) is 0. The van der Waals surface area contributed by atoms with Gasteiger partial charge in [-0.1, -0.05) is 194 Å². The van der Waals surface area contributed by atoms with E-state index in [1.165, 1.54) is 32.7 Å². The van der Waals surface area contributed by atoms with E-state index in [-0.39, 0.29) is 0 Å². The second-order valence-electron chi connectivity index (χ2n) is 14.1. The Morgan fingerprint density at radius 2 is 0.554 bits per heavy atom. The molecule has 0 atom stereocenters. The van der Waals surface area contributed by atoms with Gasteiger partial charge in [0.2, 0.25) is 0 Å². The van der Waals surface area contributed by atoms with Crippen molar-refractivity contribution in [3.05, 3.63) is 212 Å². The summed E-state index contributed by atoms with van der Waals surface area (Å²) in [4.78, 5) is 15.7. The molecule has 3 nitrogen and oxygen atoms in total. The molecule has 56 heavy (non-hydrogen) atoms. The molecule has 1 aromatic heterocycles. The normalized spacial score (nSPS) is 11.2. The van der Waals surface area contributed by atoms with E-state index in [4.69, 9.17) is 15.0 Å². The van der Waals surface area contributed by atoms with Crippen LogP contribution in [-0.2, 0) is 0 Å². The third-order valence-corrected chi connectivity index (χ3v) is 10.5. The summed E-state index contributed by atoms with van der Waals surface area (Å²) in [5, 5.41) is 4.80. The van der Waals surface area contributed by atoms with E-state index in [9.17, 15) is 0 Å². The fraction of sp³-hybridized carbons (Fsp3) is 0. The third-order valence-electron chi connectivity index (χ3n) is 10.5. The molecule has 262 valence electrons. The lowest BCUT2D eigenvalue weighted by atomic mass is 9.92. The van der Waals surface area contributed by atoms with Crippen LogP contribution < -0.4 is 0 Å². The first-order chi connectivity index (χ1) is 27.7. The first kappa shape index (κ1) is 33.1. The molecule has 0 aliphatic carbocycles. The Bertz CT molecular complexity index is 2890. The Balaban J connectivity index is 1.17. The molecule has 9 aromatic carbocycles. The molecule has 3 heteroatoms. The highest BCUT2D eigenvalue weighted by Gasteiger charge is 2.18. The van der Waals surface area contributed by atoms with Gasteiger partial charge in [-0.2, -0.15) is 0 Å². The number of nitrogens with zero attached hydrogens (tertiary/aromatic N) is 3. The lowest BCUT2D eigenvalue weighted by Gasteiger charge is -2.15. The molecule has 0 aliphatic heterocycles. The number of aromatic nitrogens is 3. The van der Waals surface area contributed by atoms with Crippen LogP contribution in [-0.4, -0.2) is 15.0 Å². The van der Waals surface area contributed by atoms with Crippen molar-refractivity contribution in [3.63, 3.8) is 0 Å². The average molecular weight is 714 g/mol. The molecule has 0 bridgehead atoms. The highest BCUT2D eigenvalue weighted by atomic mass is 15.0. The maximum atomic E-state index is 5.28. The number of benzene rings is 9.